The number of hydrogen-bond donors (Lipinski definition) is 0. The van der Waals surface area contributed by atoms with Crippen molar-refractivity contribution in [2.45, 2.75) is 6.18 Å². The molecule has 3 rings (SSSR count). The van der Waals surface area contributed by atoms with E-state index in [2.05, 4.69) is 9.97 Å². The standard InChI is InChI=1S/C16H9F3N2O2/c17-16(18,19)11-2-6-15(20-8-11)23-13-4-5-14-10(7-13)1-3-12(9-22)21-14/h1-9H. The summed E-state index contributed by atoms with van der Waals surface area (Å²) in [5, 5.41) is 0.736. The molecule has 2 heterocycles. The second kappa shape index (κ2) is 5.68. The Bertz CT molecular complexity index is 861. The minimum Gasteiger partial charge on any atom is -0.439 e. The lowest BCUT2D eigenvalue weighted by Gasteiger charge is -2.08. The van der Waals surface area contributed by atoms with Gasteiger partial charge in [0.2, 0.25) is 5.88 Å². The lowest BCUT2D eigenvalue weighted by Crippen LogP contribution is -2.05. The SMILES string of the molecule is O=Cc1ccc2cc(Oc3ccc(C(F)(F)F)cn3)ccc2n1. The Kier molecular flexibility index (Phi) is 3.69. The van der Waals surface area contributed by atoms with Crippen LogP contribution in [-0.2, 0) is 6.18 Å². The van der Waals surface area contributed by atoms with Crippen LogP contribution in [0.2, 0.25) is 0 Å². The summed E-state index contributed by atoms with van der Waals surface area (Å²) in [6, 6.07) is 10.2. The molecular weight excluding hydrogens is 309 g/mol. The number of aldehydes is 1. The summed E-state index contributed by atoms with van der Waals surface area (Å²) in [6.45, 7) is 0. The van der Waals surface area contributed by atoms with Crippen LogP contribution in [-0.4, -0.2) is 16.3 Å². The molecule has 4 nitrogen and oxygen atoms in total. The molecule has 0 aliphatic heterocycles. The molecule has 3 aromatic rings. The highest BCUT2D eigenvalue weighted by Gasteiger charge is 2.30. The number of ether oxygens (including phenoxy) is 1. The van der Waals surface area contributed by atoms with Crippen molar-refractivity contribution in [1.82, 2.24) is 9.97 Å². The first-order chi connectivity index (χ1) is 11.0. The van der Waals surface area contributed by atoms with E-state index in [0.717, 1.165) is 17.5 Å². The first kappa shape index (κ1) is 15.0. The van der Waals surface area contributed by atoms with Crippen molar-refractivity contribution >= 4 is 17.2 Å². The molecule has 0 atom stereocenters. The zero-order valence-corrected chi connectivity index (χ0v) is 11.5. The average molecular weight is 318 g/mol. The summed E-state index contributed by atoms with van der Waals surface area (Å²) in [5.74, 6) is 0.459. The first-order valence-electron chi connectivity index (χ1n) is 6.53. The Labute approximate surface area is 128 Å². The Morgan fingerprint density at radius 2 is 1.87 bits per heavy atom. The summed E-state index contributed by atoms with van der Waals surface area (Å²) in [6.07, 6.45) is -3.07. The summed E-state index contributed by atoms with van der Waals surface area (Å²) < 4.78 is 42.8. The van der Waals surface area contributed by atoms with Crippen molar-refractivity contribution < 1.29 is 22.7 Å². The highest BCUT2D eigenvalue weighted by molar-refractivity contribution is 5.84. The number of pyridine rings is 2. The molecule has 0 fully saturated rings. The lowest BCUT2D eigenvalue weighted by atomic mass is 10.2. The number of hydrogen-bond acceptors (Lipinski definition) is 4. The number of aromatic nitrogens is 2. The topological polar surface area (TPSA) is 52.1 Å². The van der Waals surface area contributed by atoms with Crippen molar-refractivity contribution in [2.24, 2.45) is 0 Å². The van der Waals surface area contributed by atoms with E-state index >= 15 is 0 Å². The molecular formula is C16H9F3N2O2. The molecule has 2 aromatic heterocycles. The average Bonchev–Trinajstić information content (AvgIpc) is 2.54. The normalized spacial score (nSPS) is 11.4. The number of halogens is 3. The molecule has 0 N–H and O–H groups in total. The zero-order chi connectivity index (χ0) is 16.4. The van der Waals surface area contributed by atoms with Crippen LogP contribution in [0.15, 0.2) is 48.7 Å². The fourth-order valence-corrected chi connectivity index (χ4v) is 1.98. The van der Waals surface area contributed by atoms with Gasteiger partial charge in [-0.2, -0.15) is 13.2 Å². The largest absolute Gasteiger partial charge is 0.439 e. The van der Waals surface area contributed by atoms with Crippen molar-refractivity contribution in [3.05, 3.63) is 59.9 Å². The van der Waals surface area contributed by atoms with Crippen LogP contribution in [0.25, 0.3) is 10.9 Å². The monoisotopic (exact) mass is 318 g/mol. The first-order valence-corrected chi connectivity index (χ1v) is 6.53. The van der Waals surface area contributed by atoms with Crippen LogP contribution >= 0.6 is 0 Å². The van der Waals surface area contributed by atoms with Gasteiger partial charge in [-0.15, -0.1) is 0 Å². The van der Waals surface area contributed by atoms with Gasteiger partial charge in [0, 0.05) is 17.6 Å². The number of benzene rings is 1. The zero-order valence-electron chi connectivity index (χ0n) is 11.5. The van der Waals surface area contributed by atoms with Gasteiger partial charge in [-0.1, -0.05) is 6.07 Å². The highest BCUT2D eigenvalue weighted by atomic mass is 19.4. The number of nitrogens with zero attached hydrogens (tertiary/aromatic N) is 2. The third kappa shape index (κ3) is 3.28. The van der Waals surface area contributed by atoms with Crippen molar-refractivity contribution in [3.8, 4) is 11.6 Å². The maximum Gasteiger partial charge on any atom is 0.417 e. The molecule has 0 saturated heterocycles. The number of alkyl halides is 3. The highest BCUT2D eigenvalue weighted by Crippen LogP contribution is 2.30. The van der Waals surface area contributed by atoms with Gasteiger partial charge in [-0.25, -0.2) is 9.97 Å². The van der Waals surface area contributed by atoms with E-state index in [1.807, 2.05) is 0 Å². The summed E-state index contributed by atoms with van der Waals surface area (Å²) in [7, 11) is 0. The second-order valence-electron chi connectivity index (χ2n) is 4.69. The number of carbonyl (C=O) groups is 1. The van der Waals surface area contributed by atoms with Crippen molar-refractivity contribution in [1.29, 1.82) is 0 Å². The van der Waals surface area contributed by atoms with Crippen LogP contribution in [0.1, 0.15) is 16.1 Å². The van der Waals surface area contributed by atoms with Gasteiger partial charge in [-0.05, 0) is 30.3 Å². The fourth-order valence-electron chi connectivity index (χ4n) is 1.98. The molecule has 1 aromatic carbocycles. The minimum absolute atomic E-state index is 0.0508. The van der Waals surface area contributed by atoms with Gasteiger partial charge in [0.25, 0.3) is 0 Å². The molecule has 0 aliphatic carbocycles. The van der Waals surface area contributed by atoms with Crippen molar-refractivity contribution in [2.75, 3.05) is 0 Å². The number of carbonyl (C=O) groups excluding carboxylic acids is 1. The third-order valence-electron chi connectivity index (χ3n) is 3.09. The number of fused-ring (bicyclic) bond motifs is 1. The Balaban J connectivity index is 1.85. The maximum atomic E-state index is 12.5. The van der Waals surface area contributed by atoms with E-state index in [9.17, 15) is 18.0 Å². The molecule has 0 radical (unpaired) electrons. The van der Waals surface area contributed by atoms with Crippen LogP contribution in [0.3, 0.4) is 0 Å². The second-order valence-corrected chi connectivity index (χ2v) is 4.69. The quantitative estimate of drug-likeness (QED) is 0.677. The van der Waals surface area contributed by atoms with Crippen LogP contribution < -0.4 is 4.74 Å². The smallest absolute Gasteiger partial charge is 0.417 e. The van der Waals surface area contributed by atoms with E-state index in [4.69, 9.17) is 4.74 Å². The molecule has 116 valence electrons. The van der Waals surface area contributed by atoms with E-state index in [1.165, 1.54) is 0 Å². The van der Waals surface area contributed by atoms with Gasteiger partial charge >= 0.3 is 6.18 Å². The third-order valence-corrected chi connectivity index (χ3v) is 3.09. The summed E-state index contributed by atoms with van der Waals surface area (Å²) in [4.78, 5) is 18.4. The number of rotatable bonds is 3. The molecule has 0 spiro atoms. The molecule has 0 amide bonds. The molecule has 0 aliphatic rings. The van der Waals surface area contributed by atoms with E-state index < -0.39 is 11.7 Å². The predicted octanol–water partition coefficient (Wildman–Crippen LogP) is 4.25. The summed E-state index contributed by atoms with van der Waals surface area (Å²) in [5.41, 5.74) is 0.0897. The molecule has 0 bridgehead atoms. The van der Waals surface area contributed by atoms with Crippen LogP contribution in [0.4, 0.5) is 13.2 Å². The minimum atomic E-state index is -4.43. The van der Waals surface area contributed by atoms with Gasteiger partial charge in [0.15, 0.2) is 6.29 Å². The molecule has 0 saturated carbocycles. The fraction of sp³-hybridized carbons (Fsp3) is 0.0625. The van der Waals surface area contributed by atoms with E-state index in [0.29, 0.717) is 29.4 Å². The predicted molar refractivity (Wildman–Crippen MR) is 76.4 cm³/mol. The molecule has 0 unspecified atom stereocenters. The lowest BCUT2D eigenvalue weighted by molar-refractivity contribution is -0.137. The summed E-state index contributed by atoms with van der Waals surface area (Å²) >= 11 is 0. The van der Waals surface area contributed by atoms with Gasteiger partial charge in [0.05, 0.1) is 11.1 Å². The van der Waals surface area contributed by atoms with Gasteiger partial charge in [0.1, 0.15) is 11.4 Å². The van der Waals surface area contributed by atoms with E-state index in [1.54, 1.807) is 30.3 Å². The van der Waals surface area contributed by atoms with Crippen LogP contribution in [0.5, 0.6) is 11.6 Å². The molecule has 23 heavy (non-hydrogen) atoms. The Hall–Kier alpha value is -2.96. The van der Waals surface area contributed by atoms with Gasteiger partial charge < -0.3 is 4.74 Å². The van der Waals surface area contributed by atoms with Crippen LogP contribution in [0, 0.1) is 0 Å². The van der Waals surface area contributed by atoms with E-state index in [-0.39, 0.29) is 5.88 Å². The molecule has 7 heteroatoms. The maximum absolute atomic E-state index is 12.5. The Morgan fingerprint density at radius 3 is 2.52 bits per heavy atom. The van der Waals surface area contributed by atoms with Crippen molar-refractivity contribution in [3.63, 3.8) is 0 Å². The van der Waals surface area contributed by atoms with Gasteiger partial charge in [-0.3, -0.25) is 4.79 Å². The Morgan fingerprint density at radius 1 is 1.04 bits per heavy atom.